The molecule has 0 fully saturated rings. The van der Waals surface area contributed by atoms with Crippen molar-refractivity contribution in [2.45, 2.75) is 361 Å². The molecule has 0 N–H and O–H groups in total. The molecule has 6 heteroatoms. The number of hydrogen-bond acceptors (Lipinski definition) is 6. The first-order valence-electron chi connectivity index (χ1n) is 32.5. The minimum Gasteiger partial charge on any atom is -0.462 e. The van der Waals surface area contributed by atoms with Crippen LogP contribution in [0.2, 0.25) is 0 Å². The van der Waals surface area contributed by atoms with Crippen LogP contribution in [0.3, 0.4) is 0 Å². The Balaban J connectivity index is 4.06. The van der Waals surface area contributed by atoms with E-state index < -0.39 is 6.10 Å². The van der Waals surface area contributed by atoms with E-state index in [1.165, 1.54) is 244 Å². The molecule has 0 radical (unpaired) electrons. The average molecular weight is 1030 g/mol. The van der Waals surface area contributed by atoms with E-state index in [4.69, 9.17) is 14.2 Å². The summed E-state index contributed by atoms with van der Waals surface area (Å²) in [6.07, 6.45) is 76.0. The van der Waals surface area contributed by atoms with Crippen molar-refractivity contribution in [1.82, 2.24) is 0 Å². The number of hydrogen-bond donors (Lipinski definition) is 0. The summed E-state index contributed by atoms with van der Waals surface area (Å²) in [6.45, 7) is 6.64. The molecule has 1 unspecified atom stereocenters. The van der Waals surface area contributed by atoms with Crippen LogP contribution in [0.25, 0.3) is 0 Å². The molecule has 0 saturated carbocycles. The number of ether oxygens (including phenoxy) is 3. The first kappa shape index (κ1) is 70.6. The lowest BCUT2D eigenvalue weighted by atomic mass is 10.0. The quantitative estimate of drug-likeness (QED) is 0.0261. The van der Waals surface area contributed by atoms with Gasteiger partial charge in [0.1, 0.15) is 13.2 Å². The molecule has 0 aliphatic heterocycles. The second-order valence-corrected chi connectivity index (χ2v) is 22.0. The van der Waals surface area contributed by atoms with Crippen molar-refractivity contribution in [3.05, 3.63) is 36.5 Å². The third kappa shape index (κ3) is 60.4. The van der Waals surface area contributed by atoms with Crippen LogP contribution >= 0.6 is 0 Å². The molecule has 0 aliphatic carbocycles. The van der Waals surface area contributed by atoms with Crippen LogP contribution in [0.15, 0.2) is 36.5 Å². The Hall–Kier alpha value is -2.37. The summed E-state index contributed by atoms with van der Waals surface area (Å²) in [5.74, 6) is -0.859. The summed E-state index contributed by atoms with van der Waals surface area (Å²) in [5.41, 5.74) is 0. The van der Waals surface area contributed by atoms with Gasteiger partial charge in [-0.05, 0) is 77.0 Å². The van der Waals surface area contributed by atoms with Crippen LogP contribution < -0.4 is 0 Å². The van der Waals surface area contributed by atoms with Crippen molar-refractivity contribution in [3.8, 4) is 0 Å². The van der Waals surface area contributed by atoms with Gasteiger partial charge in [-0.2, -0.15) is 0 Å². The van der Waals surface area contributed by atoms with Gasteiger partial charge in [0.2, 0.25) is 0 Å². The smallest absolute Gasteiger partial charge is 0.306 e. The number of carbonyl (C=O) groups is 3. The minimum atomic E-state index is -0.771. The number of carbonyl (C=O) groups excluding carboxylic acids is 3. The second-order valence-electron chi connectivity index (χ2n) is 22.0. The van der Waals surface area contributed by atoms with E-state index in [9.17, 15) is 14.4 Å². The zero-order valence-electron chi connectivity index (χ0n) is 49.2. The zero-order valence-corrected chi connectivity index (χ0v) is 49.2. The number of unbranched alkanes of at least 4 members (excludes halogenated alkanes) is 43. The van der Waals surface area contributed by atoms with Crippen molar-refractivity contribution in [1.29, 1.82) is 0 Å². The summed E-state index contributed by atoms with van der Waals surface area (Å²) in [6, 6.07) is 0. The van der Waals surface area contributed by atoms with Crippen molar-refractivity contribution in [3.63, 3.8) is 0 Å². The Morgan fingerprint density at radius 2 is 0.493 bits per heavy atom. The van der Waals surface area contributed by atoms with E-state index in [0.717, 1.165) is 70.6 Å². The highest BCUT2D eigenvalue weighted by molar-refractivity contribution is 5.71. The maximum absolute atomic E-state index is 12.8. The van der Waals surface area contributed by atoms with Gasteiger partial charge in [-0.15, -0.1) is 0 Å². The van der Waals surface area contributed by atoms with E-state index in [1.54, 1.807) is 0 Å². The van der Waals surface area contributed by atoms with Crippen molar-refractivity contribution >= 4 is 17.9 Å². The number of allylic oxidation sites excluding steroid dienone is 6. The molecule has 6 nitrogen and oxygen atoms in total. The fraction of sp³-hybridized carbons (Fsp3) is 0.866. The molecule has 0 aromatic rings. The predicted octanol–water partition coefficient (Wildman–Crippen LogP) is 22.0. The highest BCUT2D eigenvalue weighted by Crippen LogP contribution is 2.18. The van der Waals surface area contributed by atoms with Gasteiger partial charge in [0.05, 0.1) is 0 Å². The molecule has 0 bridgehead atoms. The molecule has 0 aromatic carbocycles. The maximum Gasteiger partial charge on any atom is 0.306 e. The predicted molar refractivity (Wildman–Crippen MR) is 316 cm³/mol. The molecule has 428 valence electrons. The Bertz CT molecular complexity index is 1220. The first-order chi connectivity index (χ1) is 36.0. The Labute approximate surface area is 455 Å². The van der Waals surface area contributed by atoms with Crippen LogP contribution in [0.1, 0.15) is 355 Å². The van der Waals surface area contributed by atoms with Crippen LogP contribution in [-0.4, -0.2) is 37.2 Å². The van der Waals surface area contributed by atoms with Crippen molar-refractivity contribution in [2.75, 3.05) is 13.2 Å². The SMILES string of the molecule is CCCCC/C=C\CCCCCCCC(=O)OC(COC(=O)CCCCCCCCCCCCCC)COC(=O)CCCCCCCCCCCCCCCCCCCCC/C=C\C/C=C\CCCCCCC. The average Bonchev–Trinajstić information content (AvgIpc) is 3.39. The Morgan fingerprint density at radius 1 is 0.274 bits per heavy atom. The van der Waals surface area contributed by atoms with Crippen LogP contribution in [0.4, 0.5) is 0 Å². The first-order valence-corrected chi connectivity index (χ1v) is 32.5. The molecule has 0 aliphatic rings. The summed E-state index contributed by atoms with van der Waals surface area (Å²) in [7, 11) is 0. The van der Waals surface area contributed by atoms with Gasteiger partial charge in [-0.25, -0.2) is 0 Å². The van der Waals surface area contributed by atoms with E-state index >= 15 is 0 Å². The summed E-state index contributed by atoms with van der Waals surface area (Å²) in [5, 5.41) is 0. The van der Waals surface area contributed by atoms with Gasteiger partial charge in [-0.1, -0.05) is 295 Å². The molecule has 0 saturated heterocycles. The second kappa shape index (κ2) is 62.2. The topological polar surface area (TPSA) is 78.9 Å². The zero-order chi connectivity index (χ0) is 52.9. The molecule has 73 heavy (non-hydrogen) atoms. The van der Waals surface area contributed by atoms with Crippen molar-refractivity contribution in [2.24, 2.45) is 0 Å². The van der Waals surface area contributed by atoms with Crippen LogP contribution in [0.5, 0.6) is 0 Å². The normalized spacial score (nSPS) is 12.2. The minimum absolute atomic E-state index is 0.0701. The third-order valence-corrected chi connectivity index (χ3v) is 14.6. The summed E-state index contributed by atoms with van der Waals surface area (Å²) < 4.78 is 16.9. The van der Waals surface area contributed by atoms with Gasteiger partial charge in [0, 0.05) is 19.3 Å². The fourth-order valence-corrected chi connectivity index (χ4v) is 9.71. The molecular weight excluding hydrogens is 901 g/mol. The molecule has 0 amide bonds. The fourth-order valence-electron chi connectivity index (χ4n) is 9.71. The third-order valence-electron chi connectivity index (χ3n) is 14.6. The van der Waals surface area contributed by atoms with Gasteiger partial charge in [0.15, 0.2) is 6.10 Å². The van der Waals surface area contributed by atoms with Gasteiger partial charge in [0.25, 0.3) is 0 Å². The standard InChI is InChI=1S/C67H124O6/c1-4-7-10-13-16-19-22-25-26-27-28-29-30-31-32-33-34-35-36-37-38-39-40-41-42-43-46-48-51-54-57-60-66(69)72-63-64(73-67(70)61-58-55-52-49-45-24-21-18-15-12-9-6-3)62-71-65(68)59-56-53-50-47-44-23-20-17-14-11-8-5-2/h18,21-22,25,27-28,64H,4-17,19-20,23-24,26,29-63H2,1-3H3/b21-18-,25-22-,28-27-. The molecular formula is C67H124O6. The van der Waals surface area contributed by atoms with Crippen LogP contribution in [0, 0.1) is 0 Å². The largest absolute Gasteiger partial charge is 0.462 e. The van der Waals surface area contributed by atoms with Crippen LogP contribution in [-0.2, 0) is 28.6 Å². The van der Waals surface area contributed by atoms with Gasteiger partial charge >= 0.3 is 17.9 Å². The Morgan fingerprint density at radius 3 is 0.795 bits per heavy atom. The molecule has 1 atom stereocenters. The lowest BCUT2D eigenvalue weighted by Crippen LogP contribution is -2.30. The maximum atomic E-state index is 12.8. The van der Waals surface area contributed by atoms with E-state index in [1.807, 2.05) is 0 Å². The molecule has 0 heterocycles. The number of rotatable bonds is 60. The Kier molecular flexibility index (Phi) is 60.2. The van der Waals surface area contributed by atoms with Crippen molar-refractivity contribution < 1.29 is 28.6 Å². The lowest BCUT2D eigenvalue weighted by Gasteiger charge is -2.18. The molecule has 0 aromatic heterocycles. The molecule has 0 spiro atoms. The molecule has 0 rings (SSSR count). The monoisotopic (exact) mass is 1020 g/mol. The highest BCUT2D eigenvalue weighted by atomic mass is 16.6. The van der Waals surface area contributed by atoms with E-state index in [-0.39, 0.29) is 31.1 Å². The van der Waals surface area contributed by atoms with Gasteiger partial charge < -0.3 is 14.2 Å². The summed E-state index contributed by atoms with van der Waals surface area (Å²) >= 11 is 0. The highest BCUT2D eigenvalue weighted by Gasteiger charge is 2.19. The van der Waals surface area contributed by atoms with E-state index in [2.05, 4.69) is 57.2 Å². The summed E-state index contributed by atoms with van der Waals surface area (Å²) in [4.78, 5) is 38.1. The van der Waals surface area contributed by atoms with Gasteiger partial charge in [-0.3, -0.25) is 14.4 Å². The number of esters is 3. The lowest BCUT2D eigenvalue weighted by molar-refractivity contribution is -0.167. The van der Waals surface area contributed by atoms with E-state index in [0.29, 0.717) is 19.3 Å².